The van der Waals surface area contributed by atoms with Crippen LogP contribution in [0.2, 0.25) is 0 Å². The number of carbonyl (C=O) groups excluding carboxylic acids is 1. The van der Waals surface area contributed by atoms with Gasteiger partial charge in [-0.1, -0.05) is 6.07 Å². The van der Waals surface area contributed by atoms with Crippen molar-refractivity contribution in [1.82, 2.24) is 5.32 Å². The van der Waals surface area contributed by atoms with E-state index in [1.165, 1.54) is 18.5 Å². The van der Waals surface area contributed by atoms with Crippen molar-refractivity contribution in [2.75, 3.05) is 44.1 Å². The zero-order valence-corrected chi connectivity index (χ0v) is 16.7. The molecule has 0 radical (unpaired) electrons. The van der Waals surface area contributed by atoms with Crippen LogP contribution in [-0.4, -0.2) is 39.8 Å². The summed E-state index contributed by atoms with van der Waals surface area (Å²) >= 11 is 0. The van der Waals surface area contributed by atoms with E-state index in [1.54, 1.807) is 14.2 Å². The molecule has 28 heavy (non-hydrogen) atoms. The highest BCUT2D eigenvalue weighted by molar-refractivity contribution is 5.76. The van der Waals surface area contributed by atoms with Crippen molar-refractivity contribution < 1.29 is 14.3 Å². The van der Waals surface area contributed by atoms with E-state index in [2.05, 4.69) is 39.8 Å². The lowest BCUT2D eigenvalue weighted by atomic mass is 10.2. The minimum atomic E-state index is 0.0102. The molecule has 2 aromatic rings. The fraction of sp³-hybridized carbons (Fsp3) is 0.409. The van der Waals surface area contributed by atoms with Gasteiger partial charge in [0.2, 0.25) is 5.91 Å². The van der Waals surface area contributed by atoms with Gasteiger partial charge in [0, 0.05) is 44.0 Å². The summed E-state index contributed by atoms with van der Waals surface area (Å²) in [6.45, 7) is 3.35. The van der Waals surface area contributed by atoms with Gasteiger partial charge in [0.25, 0.3) is 0 Å². The molecule has 1 saturated heterocycles. The first kappa shape index (κ1) is 19.9. The third-order valence-electron chi connectivity index (χ3n) is 4.96. The molecular weight excluding hydrogens is 354 g/mol. The van der Waals surface area contributed by atoms with Crippen LogP contribution in [0, 0.1) is 0 Å². The fourth-order valence-corrected chi connectivity index (χ4v) is 3.37. The number of nitrogens with one attached hydrogen (secondary N) is 2. The first-order valence-electron chi connectivity index (χ1n) is 9.76. The van der Waals surface area contributed by atoms with E-state index >= 15 is 0 Å². The van der Waals surface area contributed by atoms with Crippen molar-refractivity contribution in [3.8, 4) is 11.5 Å². The highest BCUT2D eigenvalue weighted by atomic mass is 16.5. The lowest BCUT2D eigenvalue weighted by Gasteiger charge is -2.18. The largest absolute Gasteiger partial charge is 0.493 e. The van der Waals surface area contributed by atoms with Crippen LogP contribution in [0.15, 0.2) is 42.5 Å². The molecule has 0 aromatic heterocycles. The maximum Gasteiger partial charge on any atom is 0.222 e. The Bertz CT molecular complexity index is 771. The van der Waals surface area contributed by atoms with Crippen LogP contribution in [0.4, 0.5) is 11.4 Å². The van der Waals surface area contributed by atoms with Gasteiger partial charge in [-0.2, -0.15) is 0 Å². The Balaban J connectivity index is 1.39. The van der Waals surface area contributed by atoms with Gasteiger partial charge in [0.05, 0.1) is 14.2 Å². The van der Waals surface area contributed by atoms with E-state index in [9.17, 15) is 4.79 Å². The molecule has 0 aliphatic carbocycles. The molecule has 6 heteroatoms. The van der Waals surface area contributed by atoms with E-state index in [0.717, 1.165) is 24.3 Å². The van der Waals surface area contributed by atoms with Crippen molar-refractivity contribution in [3.63, 3.8) is 0 Å². The average molecular weight is 383 g/mol. The van der Waals surface area contributed by atoms with Gasteiger partial charge >= 0.3 is 0 Å². The molecule has 0 saturated carbocycles. The highest BCUT2D eigenvalue weighted by Crippen LogP contribution is 2.27. The number of amides is 1. The van der Waals surface area contributed by atoms with Crippen LogP contribution in [-0.2, 0) is 11.3 Å². The summed E-state index contributed by atoms with van der Waals surface area (Å²) in [6.07, 6.45) is 2.97. The Kier molecular flexibility index (Phi) is 7.00. The quantitative estimate of drug-likeness (QED) is 0.695. The molecule has 1 aliphatic heterocycles. The molecule has 0 spiro atoms. The summed E-state index contributed by atoms with van der Waals surface area (Å²) < 4.78 is 10.5. The number of ether oxygens (including phenoxy) is 2. The molecule has 1 fully saturated rings. The van der Waals surface area contributed by atoms with Gasteiger partial charge < -0.3 is 25.0 Å². The summed E-state index contributed by atoms with van der Waals surface area (Å²) in [5.74, 6) is 1.35. The van der Waals surface area contributed by atoms with Crippen LogP contribution in [0.3, 0.4) is 0 Å². The molecule has 1 amide bonds. The molecular formula is C22H29N3O3. The van der Waals surface area contributed by atoms with E-state index in [-0.39, 0.29) is 5.91 Å². The van der Waals surface area contributed by atoms with Crippen molar-refractivity contribution in [2.45, 2.75) is 25.8 Å². The summed E-state index contributed by atoms with van der Waals surface area (Å²) in [5, 5.41) is 6.25. The van der Waals surface area contributed by atoms with Gasteiger partial charge in [0.15, 0.2) is 11.5 Å². The standard InChI is InChI=1S/C22H29N3O3/c1-27-20-10-5-17(15-21(20)28-2)16-24-22(26)11-12-23-18-6-8-19(9-7-18)25-13-3-4-14-25/h5-10,15,23H,3-4,11-14,16H2,1-2H3,(H,24,26). The minimum Gasteiger partial charge on any atom is -0.493 e. The third kappa shape index (κ3) is 5.31. The molecule has 0 unspecified atom stereocenters. The number of rotatable bonds is 9. The predicted molar refractivity (Wildman–Crippen MR) is 112 cm³/mol. The van der Waals surface area contributed by atoms with Crippen LogP contribution in [0.5, 0.6) is 11.5 Å². The number of nitrogens with zero attached hydrogens (tertiary/aromatic N) is 1. The Morgan fingerprint density at radius 2 is 1.71 bits per heavy atom. The molecule has 0 atom stereocenters. The second-order valence-corrected chi connectivity index (χ2v) is 6.88. The lowest BCUT2D eigenvalue weighted by molar-refractivity contribution is -0.121. The molecule has 6 nitrogen and oxygen atoms in total. The first-order chi connectivity index (χ1) is 13.7. The van der Waals surface area contributed by atoms with E-state index < -0.39 is 0 Å². The summed E-state index contributed by atoms with van der Waals surface area (Å²) in [7, 11) is 3.20. The average Bonchev–Trinajstić information content (AvgIpc) is 3.27. The van der Waals surface area contributed by atoms with E-state index in [0.29, 0.717) is 31.0 Å². The normalized spacial score (nSPS) is 13.3. The monoisotopic (exact) mass is 383 g/mol. The van der Waals surface area contributed by atoms with Crippen molar-refractivity contribution in [3.05, 3.63) is 48.0 Å². The van der Waals surface area contributed by atoms with Crippen molar-refractivity contribution >= 4 is 17.3 Å². The summed E-state index contributed by atoms with van der Waals surface area (Å²) in [6, 6.07) is 14.1. The number of methoxy groups -OCH3 is 2. The van der Waals surface area contributed by atoms with Gasteiger partial charge in [-0.25, -0.2) is 0 Å². The number of hydrogen-bond acceptors (Lipinski definition) is 5. The van der Waals surface area contributed by atoms with Crippen molar-refractivity contribution in [2.24, 2.45) is 0 Å². The van der Waals surface area contributed by atoms with E-state index in [1.807, 2.05) is 18.2 Å². The molecule has 1 heterocycles. The fourth-order valence-electron chi connectivity index (χ4n) is 3.37. The predicted octanol–water partition coefficient (Wildman–Crippen LogP) is 3.42. The smallest absolute Gasteiger partial charge is 0.222 e. The number of anilines is 2. The third-order valence-corrected chi connectivity index (χ3v) is 4.96. The number of benzene rings is 2. The Morgan fingerprint density at radius 3 is 2.39 bits per heavy atom. The van der Waals surface area contributed by atoms with Crippen molar-refractivity contribution in [1.29, 1.82) is 0 Å². The molecule has 2 N–H and O–H groups in total. The first-order valence-corrected chi connectivity index (χ1v) is 9.76. The maximum atomic E-state index is 12.1. The molecule has 150 valence electrons. The molecule has 2 aromatic carbocycles. The number of hydrogen-bond donors (Lipinski definition) is 2. The van der Waals surface area contributed by atoms with Crippen LogP contribution in [0.1, 0.15) is 24.8 Å². The minimum absolute atomic E-state index is 0.0102. The number of carbonyl (C=O) groups is 1. The maximum absolute atomic E-state index is 12.1. The zero-order chi connectivity index (χ0) is 19.8. The highest BCUT2D eigenvalue weighted by Gasteiger charge is 2.11. The SMILES string of the molecule is COc1ccc(CNC(=O)CCNc2ccc(N3CCCC3)cc2)cc1OC. The van der Waals surface area contributed by atoms with Crippen LogP contribution < -0.4 is 25.0 Å². The Morgan fingerprint density at radius 1 is 1.00 bits per heavy atom. The second kappa shape index (κ2) is 9.88. The summed E-state index contributed by atoms with van der Waals surface area (Å²) in [5.41, 5.74) is 3.28. The van der Waals surface area contributed by atoms with E-state index in [4.69, 9.17) is 9.47 Å². The van der Waals surface area contributed by atoms with Gasteiger partial charge in [-0.05, 0) is 54.8 Å². The molecule has 1 aliphatic rings. The Hall–Kier alpha value is -2.89. The lowest BCUT2D eigenvalue weighted by Crippen LogP contribution is -2.24. The second-order valence-electron chi connectivity index (χ2n) is 6.88. The Labute approximate surface area is 166 Å². The zero-order valence-electron chi connectivity index (χ0n) is 16.7. The summed E-state index contributed by atoms with van der Waals surface area (Å²) in [4.78, 5) is 14.5. The molecule has 3 rings (SSSR count). The topological polar surface area (TPSA) is 62.8 Å². The van der Waals surface area contributed by atoms with Gasteiger partial charge in [0.1, 0.15) is 0 Å². The van der Waals surface area contributed by atoms with Crippen LogP contribution in [0.25, 0.3) is 0 Å². The van der Waals surface area contributed by atoms with Crippen LogP contribution >= 0.6 is 0 Å². The van der Waals surface area contributed by atoms with Gasteiger partial charge in [-0.15, -0.1) is 0 Å². The molecule has 0 bridgehead atoms. The van der Waals surface area contributed by atoms with Gasteiger partial charge in [-0.3, -0.25) is 4.79 Å².